The Morgan fingerprint density at radius 2 is 2.14 bits per heavy atom. The zero-order valence-electron chi connectivity index (χ0n) is 11.2. The number of carboxylic acid groups (broad SMARTS) is 1. The topological polar surface area (TPSA) is 70.8 Å². The molecular weight excluding hydrogens is 291 g/mol. The molecular formula is C13H14F3NO4. The van der Waals surface area contributed by atoms with Crippen LogP contribution in [0.4, 0.5) is 13.2 Å². The van der Waals surface area contributed by atoms with Crippen molar-refractivity contribution in [3.8, 4) is 0 Å². The molecule has 1 saturated heterocycles. The van der Waals surface area contributed by atoms with Gasteiger partial charge in [0.05, 0.1) is 11.8 Å². The maximum atomic E-state index is 13.1. The molecule has 0 radical (unpaired) electrons. The largest absolute Gasteiger partial charge is 0.481 e. The monoisotopic (exact) mass is 305 g/mol. The van der Waals surface area contributed by atoms with Gasteiger partial charge in [0, 0.05) is 19.5 Å². The number of likely N-dealkylation sites (tertiary alicyclic amines) is 1. The average Bonchev–Trinajstić information content (AvgIpc) is 3.04. The first-order valence-electron chi connectivity index (χ1n) is 6.38. The average molecular weight is 305 g/mol. The number of rotatable bonds is 3. The molecule has 1 aromatic heterocycles. The smallest absolute Gasteiger partial charge is 0.406 e. The van der Waals surface area contributed by atoms with E-state index in [4.69, 9.17) is 9.52 Å². The van der Waals surface area contributed by atoms with Crippen LogP contribution in [0.2, 0.25) is 0 Å². The first-order valence-corrected chi connectivity index (χ1v) is 6.38. The van der Waals surface area contributed by atoms with E-state index in [1.54, 1.807) is 6.92 Å². The van der Waals surface area contributed by atoms with Crippen molar-refractivity contribution in [2.45, 2.75) is 25.9 Å². The van der Waals surface area contributed by atoms with Crippen molar-refractivity contribution in [2.24, 2.45) is 5.41 Å². The molecule has 1 aliphatic heterocycles. The van der Waals surface area contributed by atoms with Crippen LogP contribution in [0, 0.1) is 5.41 Å². The molecule has 1 fully saturated rings. The molecule has 0 aliphatic carbocycles. The molecule has 2 heterocycles. The van der Waals surface area contributed by atoms with Crippen LogP contribution in [-0.2, 0) is 11.2 Å². The van der Waals surface area contributed by atoms with Gasteiger partial charge < -0.3 is 14.4 Å². The second kappa shape index (κ2) is 5.09. The highest BCUT2D eigenvalue weighted by Gasteiger charge is 2.64. The van der Waals surface area contributed by atoms with Crippen molar-refractivity contribution < 1.29 is 32.3 Å². The Bertz CT molecular complexity index is 566. The minimum atomic E-state index is -4.90. The summed E-state index contributed by atoms with van der Waals surface area (Å²) in [6.45, 7) is 0.620. The van der Waals surface area contributed by atoms with Gasteiger partial charge in [0.1, 0.15) is 5.76 Å². The summed E-state index contributed by atoms with van der Waals surface area (Å²) in [5.41, 5.74) is -2.71. The van der Waals surface area contributed by atoms with Crippen LogP contribution in [0.1, 0.15) is 29.5 Å². The van der Waals surface area contributed by atoms with Crippen LogP contribution in [-0.4, -0.2) is 41.1 Å². The third-order valence-electron chi connectivity index (χ3n) is 3.81. The van der Waals surface area contributed by atoms with E-state index < -0.39 is 36.4 Å². The maximum Gasteiger partial charge on any atom is 0.406 e. The van der Waals surface area contributed by atoms with Gasteiger partial charge in [-0.25, -0.2) is 0 Å². The van der Waals surface area contributed by atoms with Crippen LogP contribution < -0.4 is 0 Å². The van der Waals surface area contributed by atoms with Crippen LogP contribution in [0.25, 0.3) is 0 Å². The van der Waals surface area contributed by atoms with Crippen molar-refractivity contribution in [1.82, 2.24) is 4.90 Å². The minimum absolute atomic E-state index is 0.181. The van der Waals surface area contributed by atoms with Gasteiger partial charge in [-0.2, -0.15) is 13.2 Å². The third-order valence-corrected chi connectivity index (χ3v) is 3.81. The van der Waals surface area contributed by atoms with Crippen LogP contribution >= 0.6 is 0 Å². The normalized spacial score (nSPS) is 22.6. The molecule has 1 unspecified atom stereocenters. The number of carboxylic acids is 1. The molecule has 0 aromatic carbocycles. The fraction of sp³-hybridized carbons (Fsp3) is 0.538. The lowest BCUT2D eigenvalue weighted by molar-refractivity contribution is -0.227. The Morgan fingerprint density at radius 1 is 1.48 bits per heavy atom. The molecule has 1 amide bonds. The first-order chi connectivity index (χ1) is 9.73. The number of amides is 1. The second-order valence-electron chi connectivity index (χ2n) is 4.97. The molecule has 1 aliphatic rings. The van der Waals surface area contributed by atoms with E-state index in [-0.39, 0.29) is 12.1 Å². The molecule has 5 nitrogen and oxygen atoms in total. The van der Waals surface area contributed by atoms with Crippen molar-refractivity contribution >= 4 is 11.9 Å². The van der Waals surface area contributed by atoms with Crippen molar-refractivity contribution in [2.75, 3.05) is 13.1 Å². The Kier molecular flexibility index (Phi) is 3.73. The van der Waals surface area contributed by atoms with Crippen molar-refractivity contribution in [3.63, 3.8) is 0 Å². The number of alkyl halides is 3. The number of aryl methyl sites for hydroxylation is 1. The number of carbonyl (C=O) groups excluding carboxylic acids is 1. The molecule has 1 atom stereocenters. The summed E-state index contributed by atoms with van der Waals surface area (Å²) >= 11 is 0. The van der Waals surface area contributed by atoms with Gasteiger partial charge in [-0.05, 0) is 12.5 Å². The van der Waals surface area contributed by atoms with E-state index in [1.165, 1.54) is 12.3 Å². The second-order valence-corrected chi connectivity index (χ2v) is 4.97. The van der Waals surface area contributed by atoms with Gasteiger partial charge in [-0.1, -0.05) is 6.92 Å². The Balaban J connectivity index is 2.26. The lowest BCUT2D eigenvalue weighted by Gasteiger charge is -2.27. The van der Waals surface area contributed by atoms with E-state index in [0.29, 0.717) is 12.2 Å². The summed E-state index contributed by atoms with van der Waals surface area (Å²) in [6.07, 6.45) is -3.84. The number of hydrogen-bond acceptors (Lipinski definition) is 3. The molecule has 1 N–H and O–H groups in total. The highest BCUT2D eigenvalue weighted by Crippen LogP contribution is 2.46. The van der Waals surface area contributed by atoms with E-state index in [9.17, 15) is 22.8 Å². The molecule has 116 valence electrons. The summed E-state index contributed by atoms with van der Waals surface area (Å²) in [5, 5.41) is 8.95. The van der Waals surface area contributed by atoms with Gasteiger partial charge in [-0.3, -0.25) is 9.59 Å². The van der Waals surface area contributed by atoms with Crippen molar-refractivity contribution in [3.05, 3.63) is 23.7 Å². The predicted octanol–water partition coefficient (Wildman–Crippen LogP) is 2.32. The summed E-state index contributed by atoms with van der Waals surface area (Å²) in [7, 11) is 0. The molecule has 1 aromatic rings. The van der Waals surface area contributed by atoms with E-state index in [0.717, 1.165) is 4.90 Å². The number of hydrogen-bond donors (Lipinski definition) is 1. The summed E-state index contributed by atoms with van der Waals surface area (Å²) < 4.78 is 44.2. The zero-order chi connectivity index (χ0) is 15.8. The van der Waals surface area contributed by atoms with Crippen molar-refractivity contribution in [1.29, 1.82) is 0 Å². The number of furan rings is 1. The number of aliphatic carboxylic acids is 1. The number of carbonyl (C=O) groups is 2. The fourth-order valence-electron chi connectivity index (χ4n) is 2.49. The molecule has 8 heteroatoms. The number of halogens is 3. The quantitative estimate of drug-likeness (QED) is 0.930. The van der Waals surface area contributed by atoms with Gasteiger partial charge in [-0.15, -0.1) is 0 Å². The third kappa shape index (κ3) is 2.38. The first kappa shape index (κ1) is 15.4. The number of nitrogens with zero attached hydrogens (tertiary/aromatic N) is 1. The standard InChI is InChI=1S/C13H14F3NO4/c1-2-9-8(3-6-21-9)10(18)17-5-4-12(7-17,11(19)20)13(14,15)16/h3,6H,2,4-5,7H2,1H3,(H,19,20). The van der Waals surface area contributed by atoms with E-state index >= 15 is 0 Å². The van der Waals surface area contributed by atoms with Crippen LogP contribution in [0.3, 0.4) is 0 Å². The Hall–Kier alpha value is -1.99. The molecule has 0 saturated carbocycles. The maximum absolute atomic E-state index is 13.1. The summed E-state index contributed by atoms with van der Waals surface area (Å²) in [5.74, 6) is -2.21. The van der Waals surface area contributed by atoms with Crippen LogP contribution in [0.15, 0.2) is 16.7 Å². The molecule has 0 spiro atoms. The van der Waals surface area contributed by atoms with Crippen LogP contribution in [0.5, 0.6) is 0 Å². The molecule has 0 bridgehead atoms. The lowest BCUT2D eigenvalue weighted by atomic mass is 9.86. The Labute approximate surface area is 118 Å². The Morgan fingerprint density at radius 3 is 2.62 bits per heavy atom. The fourth-order valence-corrected chi connectivity index (χ4v) is 2.49. The van der Waals surface area contributed by atoms with Gasteiger partial charge in [0.15, 0.2) is 5.41 Å². The predicted molar refractivity (Wildman–Crippen MR) is 64.7 cm³/mol. The van der Waals surface area contributed by atoms with E-state index in [2.05, 4.69) is 0 Å². The molecule has 2 rings (SSSR count). The highest BCUT2D eigenvalue weighted by molar-refractivity contribution is 5.96. The summed E-state index contributed by atoms with van der Waals surface area (Å²) in [4.78, 5) is 24.2. The lowest BCUT2D eigenvalue weighted by Crippen LogP contribution is -2.47. The van der Waals surface area contributed by atoms with E-state index in [1.807, 2.05) is 0 Å². The zero-order valence-corrected chi connectivity index (χ0v) is 11.2. The highest BCUT2D eigenvalue weighted by atomic mass is 19.4. The SMILES string of the molecule is CCc1occc1C(=O)N1CCC(C(=O)O)(C(F)(F)F)C1. The summed E-state index contributed by atoms with van der Waals surface area (Å²) in [6, 6.07) is 1.38. The minimum Gasteiger partial charge on any atom is -0.481 e. The van der Waals surface area contributed by atoms with Gasteiger partial charge in [0.25, 0.3) is 5.91 Å². The molecule has 21 heavy (non-hydrogen) atoms. The van der Waals surface area contributed by atoms with Gasteiger partial charge >= 0.3 is 12.1 Å². The van der Waals surface area contributed by atoms with Gasteiger partial charge in [0.2, 0.25) is 0 Å².